The molecule has 100 valence electrons. The summed E-state index contributed by atoms with van der Waals surface area (Å²) in [5, 5.41) is 3.41. The Morgan fingerprint density at radius 3 is 3.00 bits per heavy atom. The topological polar surface area (TPSA) is 15.3 Å². The maximum absolute atomic E-state index is 13.8. The van der Waals surface area contributed by atoms with Gasteiger partial charge in [-0.1, -0.05) is 29.8 Å². The van der Waals surface area contributed by atoms with Crippen molar-refractivity contribution in [2.75, 3.05) is 19.6 Å². The Kier molecular flexibility index (Phi) is 4.76. The first kappa shape index (κ1) is 14.0. The van der Waals surface area contributed by atoms with E-state index >= 15 is 0 Å². The molecule has 0 spiro atoms. The fourth-order valence-corrected chi connectivity index (χ4v) is 2.91. The molecule has 4 heteroatoms. The van der Waals surface area contributed by atoms with Crippen LogP contribution in [0.2, 0.25) is 0 Å². The van der Waals surface area contributed by atoms with Crippen LogP contribution in [0.4, 0.5) is 4.39 Å². The highest BCUT2D eigenvalue weighted by atomic mass is 79.9. The van der Waals surface area contributed by atoms with Crippen molar-refractivity contribution in [3.05, 3.63) is 34.1 Å². The van der Waals surface area contributed by atoms with Gasteiger partial charge >= 0.3 is 0 Å². The summed E-state index contributed by atoms with van der Waals surface area (Å²) < 4.78 is 14.7. The Balaban J connectivity index is 2.13. The van der Waals surface area contributed by atoms with Crippen LogP contribution in [-0.4, -0.2) is 30.6 Å². The van der Waals surface area contributed by atoms with E-state index in [1.807, 2.05) is 6.07 Å². The van der Waals surface area contributed by atoms with E-state index in [-0.39, 0.29) is 5.82 Å². The molecular formula is C14H20BrFN2. The predicted octanol–water partition coefficient (Wildman–Crippen LogP) is 3.02. The minimum Gasteiger partial charge on any atom is -0.314 e. The standard InChI is InChI=1S/C14H20BrFN2/c1-10(2)14-8-17-5-6-18(14)9-11-7-12(15)3-4-13(11)16/h3-4,7,10,14,17H,5-6,8-9H2,1-2H3. The molecule has 0 saturated carbocycles. The van der Waals surface area contributed by atoms with Gasteiger partial charge in [0.1, 0.15) is 5.82 Å². The van der Waals surface area contributed by atoms with Gasteiger partial charge in [-0.3, -0.25) is 4.90 Å². The molecule has 1 heterocycles. The fraction of sp³-hybridized carbons (Fsp3) is 0.571. The molecule has 1 unspecified atom stereocenters. The van der Waals surface area contributed by atoms with Crippen LogP contribution in [-0.2, 0) is 6.54 Å². The lowest BCUT2D eigenvalue weighted by Crippen LogP contribution is -2.53. The van der Waals surface area contributed by atoms with Gasteiger partial charge in [0.05, 0.1) is 0 Å². The second kappa shape index (κ2) is 6.13. The summed E-state index contributed by atoms with van der Waals surface area (Å²) in [5.74, 6) is 0.465. The zero-order chi connectivity index (χ0) is 13.1. The van der Waals surface area contributed by atoms with Crippen molar-refractivity contribution in [3.63, 3.8) is 0 Å². The van der Waals surface area contributed by atoms with Crippen molar-refractivity contribution in [2.45, 2.75) is 26.4 Å². The number of hydrogen-bond acceptors (Lipinski definition) is 2. The summed E-state index contributed by atoms with van der Waals surface area (Å²) in [5.41, 5.74) is 0.775. The van der Waals surface area contributed by atoms with Gasteiger partial charge in [-0.2, -0.15) is 0 Å². The third-order valence-corrected chi connectivity index (χ3v) is 4.04. The summed E-state index contributed by atoms with van der Waals surface area (Å²) in [6, 6.07) is 5.65. The largest absolute Gasteiger partial charge is 0.314 e. The summed E-state index contributed by atoms with van der Waals surface area (Å²) in [6.07, 6.45) is 0. The van der Waals surface area contributed by atoms with E-state index in [9.17, 15) is 4.39 Å². The molecule has 0 amide bonds. The zero-order valence-electron chi connectivity index (χ0n) is 10.9. The normalized spacial score (nSPS) is 21.5. The molecule has 1 aromatic carbocycles. The van der Waals surface area contributed by atoms with E-state index in [1.165, 1.54) is 6.07 Å². The molecule has 0 radical (unpaired) electrons. The van der Waals surface area contributed by atoms with E-state index in [4.69, 9.17) is 0 Å². The van der Waals surface area contributed by atoms with Gasteiger partial charge in [-0.25, -0.2) is 4.39 Å². The molecule has 1 fully saturated rings. The molecular weight excluding hydrogens is 295 g/mol. The second-order valence-electron chi connectivity index (χ2n) is 5.22. The van der Waals surface area contributed by atoms with Gasteiger partial charge in [0.25, 0.3) is 0 Å². The SMILES string of the molecule is CC(C)C1CNCCN1Cc1cc(Br)ccc1F. The van der Waals surface area contributed by atoms with Crippen LogP contribution in [0.5, 0.6) is 0 Å². The first-order valence-corrected chi connectivity index (χ1v) is 7.26. The van der Waals surface area contributed by atoms with E-state index in [1.54, 1.807) is 6.07 Å². The van der Waals surface area contributed by atoms with Gasteiger partial charge in [0.15, 0.2) is 0 Å². The van der Waals surface area contributed by atoms with Crippen LogP contribution in [0.15, 0.2) is 22.7 Å². The zero-order valence-corrected chi connectivity index (χ0v) is 12.5. The lowest BCUT2D eigenvalue weighted by molar-refractivity contribution is 0.116. The summed E-state index contributed by atoms with van der Waals surface area (Å²) in [6.45, 7) is 8.10. The second-order valence-corrected chi connectivity index (χ2v) is 6.14. The molecule has 1 aromatic rings. The maximum Gasteiger partial charge on any atom is 0.127 e. The van der Waals surface area contributed by atoms with Crippen molar-refractivity contribution in [3.8, 4) is 0 Å². The van der Waals surface area contributed by atoms with E-state index in [0.717, 1.165) is 29.7 Å². The van der Waals surface area contributed by atoms with Crippen LogP contribution in [0.25, 0.3) is 0 Å². The van der Waals surface area contributed by atoms with E-state index in [2.05, 4.69) is 40.0 Å². The third kappa shape index (κ3) is 3.31. The molecule has 0 aromatic heterocycles. The predicted molar refractivity (Wildman–Crippen MR) is 76.0 cm³/mol. The maximum atomic E-state index is 13.8. The highest BCUT2D eigenvalue weighted by Crippen LogP contribution is 2.21. The number of halogens is 2. The average molecular weight is 315 g/mol. The molecule has 2 rings (SSSR count). The van der Waals surface area contributed by atoms with Crippen LogP contribution in [0.1, 0.15) is 19.4 Å². The first-order valence-electron chi connectivity index (χ1n) is 6.46. The van der Waals surface area contributed by atoms with Crippen molar-refractivity contribution < 1.29 is 4.39 Å². The lowest BCUT2D eigenvalue weighted by atomic mass is 9.99. The van der Waals surface area contributed by atoms with Crippen LogP contribution in [0, 0.1) is 11.7 Å². The first-order chi connectivity index (χ1) is 8.58. The van der Waals surface area contributed by atoms with Gasteiger partial charge in [-0.15, -0.1) is 0 Å². The number of hydrogen-bond donors (Lipinski definition) is 1. The minimum atomic E-state index is -0.112. The molecule has 0 aliphatic carbocycles. The quantitative estimate of drug-likeness (QED) is 0.922. The Morgan fingerprint density at radius 1 is 1.50 bits per heavy atom. The Morgan fingerprint density at radius 2 is 2.28 bits per heavy atom. The number of benzene rings is 1. The number of piperazine rings is 1. The summed E-state index contributed by atoms with van der Waals surface area (Å²) in [4.78, 5) is 2.38. The van der Waals surface area contributed by atoms with Crippen molar-refractivity contribution >= 4 is 15.9 Å². The molecule has 2 nitrogen and oxygen atoms in total. The van der Waals surface area contributed by atoms with Crippen molar-refractivity contribution in [1.29, 1.82) is 0 Å². The highest BCUT2D eigenvalue weighted by molar-refractivity contribution is 9.10. The number of rotatable bonds is 3. The summed E-state index contributed by atoms with van der Waals surface area (Å²) in [7, 11) is 0. The Bertz CT molecular complexity index is 409. The van der Waals surface area contributed by atoms with Gasteiger partial charge in [-0.05, 0) is 24.1 Å². The fourth-order valence-electron chi connectivity index (χ4n) is 2.50. The smallest absolute Gasteiger partial charge is 0.127 e. The Hall–Kier alpha value is -0.450. The van der Waals surface area contributed by atoms with Gasteiger partial charge < -0.3 is 5.32 Å². The minimum absolute atomic E-state index is 0.112. The molecule has 1 aliphatic rings. The number of nitrogens with zero attached hydrogens (tertiary/aromatic N) is 1. The van der Waals surface area contributed by atoms with Gasteiger partial charge in [0, 0.05) is 42.3 Å². The highest BCUT2D eigenvalue weighted by Gasteiger charge is 2.25. The van der Waals surface area contributed by atoms with Crippen molar-refractivity contribution in [1.82, 2.24) is 10.2 Å². The molecule has 1 atom stereocenters. The average Bonchev–Trinajstić information content (AvgIpc) is 2.34. The van der Waals surface area contributed by atoms with Gasteiger partial charge in [0.2, 0.25) is 0 Å². The molecule has 0 bridgehead atoms. The molecule has 1 saturated heterocycles. The van der Waals surface area contributed by atoms with E-state index in [0.29, 0.717) is 18.5 Å². The Labute approximate surface area is 117 Å². The monoisotopic (exact) mass is 314 g/mol. The van der Waals surface area contributed by atoms with E-state index < -0.39 is 0 Å². The van der Waals surface area contributed by atoms with Crippen molar-refractivity contribution in [2.24, 2.45) is 5.92 Å². The summed E-state index contributed by atoms with van der Waals surface area (Å²) >= 11 is 3.41. The lowest BCUT2D eigenvalue weighted by Gasteiger charge is -2.38. The van der Waals surface area contributed by atoms with Crippen LogP contribution >= 0.6 is 15.9 Å². The van der Waals surface area contributed by atoms with Crippen LogP contribution < -0.4 is 5.32 Å². The molecule has 18 heavy (non-hydrogen) atoms. The molecule has 1 aliphatic heterocycles. The van der Waals surface area contributed by atoms with Crippen LogP contribution in [0.3, 0.4) is 0 Å². The third-order valence-electron chi connectivity index (χ3n) is 3.55. The number of nitrogens with one attached hydrogen (secondary N) is 1. The molecule has 1 N–H and O–H groups in total.